The highest BCUT2D eigenvalue weighted by Crippen LogP contribution is 2.31. The lowest BCUT2D eigenvalue weighted by atomic mass is 9.90. The summed E-state index contributed by atoms with van der Waals surface area (Å²) in [6, 6.07) is 16.4. The molecule has 0 aliphatic carbocycles. The normalized spacial score (nSPS) is 13.5. The summed E-state index contributed by atoms with van der Waals surface area (Å²) in [5.74, 6) is 0.749. The number of rotatable bonds is 10. The SMILES string of the molecule is COc1ccc(C(CNC(=O)CN(CC(C)O)C(C)C)c2c[nH]c3ccccc23)cc1. The first-order valence-corrected chi connectivity index (χ1v) is 10.8. The number of nitrogens with one attached hydrogen (secondary N) is 2. The minimum atomic E-state index is -0.478. The van der Waals surface area contributed by atoms with Crippen molar-refractivity contribution in [2.45, 2.75) is 38.8 Å². The molecule has 6 nitrogen and oxygen atoms in total. The Hall–Kier alpha value is -2.83. The van der Waals surface area contributed by atoms with Gasteiger partial charge in [0.2, 0.25) is 5.91 Å². The molecule has 2 aromatic carbocycles. The number of fused-ring (bicyclic) bond motifs is 1. The smallest absolute Gasteiger partial charge is 0.234 e. The summed E-state index contributed by atoms with van der Waals surface area (Å²) in [6.45, 7) is 7.00. The van der Waals surface area contributed by atoms with Gasteiger partial charge in [0, 0.05) is 42.1 Å². The predicted molar refractivity (Wildman–Crippen MR) is 125 cm³/mol. The molecule has 166 valence electrons. The molecule has 0 saturated carbocycles. The first-order valence-electron chi connectivity index (χ1n) is 10.8. The van der Waals surface area contributed by atoms with E-state index in [1.54, 1.807) is 14.0 Å². The number of benzene rings is 2. The van der Waals surface area contributed by atoms with Gasteiger partial charge in [-0.15, -0.1) is 0 Å². The summed E-state index contributed by atoms with van der Waals surface area (Å²) < 4.78 is 5.30. The predicted octanol–water partition coefficient (Wildman–Crippen LogP) is 3.52. The topological polar surface area (TPSA) is 77.6 Å². The highest BCUT2D eigenvalue weighted by molar-refractivity contribution is 5.84. The monoisotopic (exact) mass is 423 g/mol. The third-order valence-corrected chi connectivity index (χ3v) is 5.59. The minimum absolute atomic E-state index is 0.00438. The molecule has 0 aliphatic heterocycles. The molecule has 1 aromatic heterocycles. The summed E-state index contributed by atoms with van der Waals surface area (Å²) in [5, 5.41) is 14.0. The standard InChI is InChI=1S/C25H33N3O3/c1-17(2)28(15-18(3)29)16-25(30)27-13-22(19-9-11-20(31-4)12-10-19)23-14-26-24-8-6-5-7-21(23)24/h5-12,14,17-18,22,26,29H,13,15-16H2,1-4H3,(H,27,30). The number of amides is 1. The third kappa shape index (κ3) is 5.87. The zero-order chi connectivity index (χ0) is 22.4. The fourth-order valence-corrected chi connectivity index (χ4v) is 3.88. The van der Waals surface area contributed by atoms with E-state index in [0.717, 1.165) is 27.8 Å². The van der Waals surface area contributed by atoms with Gasteiger partial charge in [-0.3, -0.25) is 9.69 Å². The number of aliphatic hydroxyl groups excluding tert-OH is 1. The number of ether oxygens (including phenoxy) is 1. The summed E-state index contributed by atoms with van der Waals surface area (Å²) in [4.78, 5) is 18.1. The Morgan fingerprint density at radius 3 is 2.48 bits per heavy atom. The molecular weight excluding hydrogens is 390 g/mol. The maximum atomic E-state index is 12.7. The average molecular weight is 424 g/mol. The van der Waals surface area contributed by atoms with E-state index in [9.17, 15) is 9.90 Å². The molecule has 1 amide bonds. The van der Waals surface area contributed by atoms with Gasteiger partial charge in [0.25, 0.3) is 0 Å². The van der Waals surface area contributed by atoms with E-state index in [0.29, 0.717) is 13.1 Å². The van der Waals surface area contributed by atoms with Crippen LogP contribution >= 0.6 is 0 Å². The molecule has 31 heavy (non-hydrogen) atoms. The number of carbonyl (C=O) groups excluding carboxylic acids is 1. The van der Waals surface area contributed by atoms with E-state index in [1.165, 1.54) is 0 Å². The van der Waals surface area contributed by atoms with Crippen LogP contribution in [0.5, 0.6) is 5.75 Å². The fourth-order valence-electron chi connectivity index (χ4n) is 3.88. The molecule has 2 atom stereocenters. The molecule has 1 heterocycles. The molecule has 0 radical (unpaired) electrons. The van der Waals surface area contributed by atoms with Crippen LogP contribution in [0.15, 0.2) is 54.7 Å². The second kappa shape index (κ2) is 10.5. The maximum Gasteiger partial charge on any atom is 0.234 e. The third-order valence-electron chi connectivity index (χ3n) is 5.59. The van der Waals surface area contributed by atoms with Crippen molar-refractivity contribution in [3.63, 3.8) is 0 Å². The lowest BCUT2D eigenvalue weighted by Crippen LogP contribution is -2.44. The van der Waals surface area contributed by atoms with Gasteiger partial charge in [0.15, 0.2) is 0 Å². The van der Waals surface area contributed by atoms with Crippen LogP contribution in [0.25, 0.3) is 10.9 Å². The van der Waals surface area contributed by atoms with Gasteiger partial charge < -0.3 is 20.1 Å². The van der Waals surface area contributed by atoms with Crippen LogP contribution in [0.4, 0.5) is 0 Å². The highest BCUT2D eigenvalue weighted by Gasteiger charge is 2.21. The Bertz CT molecular complexity index is 979. The first kappa shape index (κ1) is 22.8. The lowest BCUT2D eigenvalue weighted by molar-refractivity contribution is -0.123. The van der Waals surface area contributed by atoms with Crippen molar-refractivity contribution in [2.75, 3.05) is 26.7 Å². The van der Waals surface area contributed by atoms with E-state index >= 15 is 0 Å². The quantitative estimate of drug-likeness (QED) is 0.466. The Kier molecular flexibility index (Phi) is 7.71. The Labute approximate surface area is 184 Å². The van der Waals surface area contributed by atoms with Crippen LogP contribution in [0, 0.1) is 0 Å². The van der Waals surface area contributed by atoms with Crippen molar-refractivity contribution in [1.82, 2.24) is 15.2 Å². The van der Waals surface area contributed by atoms with Crippen LogP contribution < -0.4 is 10.1 Å². The highest BCUT2D eigenvalue weighted by atomic mass is 16.5. The van der Waals surface area contributed by atoms with Gasteiger partial charge in [0.1, 0.15) is 5.75 Å². The number of methoxy groups -OCH3 is 1. The van der Waals surface area contributed by atoms with Crippen LogP contribution in [-0.4, -0.2) is 59.8 Å². The maximum absolute atomic E-state index is 12.7. The molecule has 0 fully saturated rings. The van der Waals surface area contributed by atoms with E-state index in [2.05, 4.69) is 22.4 Å². The summed E-state index contributed by atoms with van der Waals surface area (Å²) in [7, 11) is 1.65. The summed E-state index contributed by atoms with van der Waals surface area (Å²) in [6.07, 6.45) is 1.55. The Morgan fingerprint density at radius 2 is 1.84 bits per heavy atom. The molecule has 2 unspecified atom stereocenters. The van der Waals surface area contributed by atoms with Gasteiger partial charge in [-0.1, -0.05) is 30.3 Å². The molecule has 6 heteroatoms. The van der Waals surface area contributed by atoms with E-state index in [4.69, 9.17) is 4.74 Å². The van der Waals surface area contributed by atoms with E-state index < -0.39 is 6.10 Å². The van der Waals surface area contributed by atoms with Crippen LogP contribution in [0.2, 0.25) is 0 Å². The molecule has 3 N–H and O–H groups in total. The largest absolute Gasteiger partial charge is 0.497 e. The molecule has 0 spiro atoms. The number of aromatic amines is 1. The van der Waals surface area contributed by atoms with Crippen LogP contribution in [0.1, 0.15) is 37.8 Å². The minimum Gasteiger partial charge on any atom is -0.497 e. The van der Waals surface area contributed by atoms with Gasteiger partial charge in [-0.05, 0) is 50.1 Å². The number of aromatic nitrogens is 1. The first-order chi connectivity index (χ1) is 14.9. The van der Waals surface area contributed by atoms with Gasteiger partial charge >= 0.3 is 0 Å². The van der Waals surface area contributed by atoms with Crippen molar-refractivity contribution in [2.24, 2.45) is 0 Å². The number of H-pyrrole nitrogens is 1. The van der Waals surface area contributed by atoms with Crippen molar-refractivity contribution < 1.29 is 14.6 Å². The van der Waals surface area contributed by atoms with Gasteiger partial charge in [0.05, 0.1) is 19.8 Å². The summed E-state index contributed by atoms with van der Waals surface area (Å²) in [5.41, 5.74) is 3.33. The molecule has 3 rings (SSSR count). The molecule has 0 saturated heterocycles. The molecular formula is C25H33N3O3. The molecule has 0 bridgehead atoms. The van der Waals surface area contributed by atoms with Crippen molar-refractivity contribution >= 4 is 16.8 Å². The molecule has 3 aromatic rings. The summed E-state index contributed by atoms with van der Waals surface area (Å²) >= 11 is 0. The fraction of sp³-hybridized carbons (Fsp3) is 0.400. The number of hydrogen-bond donors (Lipinski definition) is 3. The lowest BCUT2D eigenvalue weighted by Gasteiger charge is -2.27. The number of nitrogens with zero attached hydrogens (tertiary/aromatic N) is 1. The van der Waals surface area contributed by atoms with Crippen molar-refractivity contribution in [3.05, 3.63) is 65.9 Å². The number of hydrogen-bond acceptors (Lipinski definition) is 4. The second-order valence-corrected chi connectivity index (χ2v) is 8.29. The second-order valence-electron chi connectivity index (χ2n) is 8.29. The molecule has 0 aliphatic rings. The van der Waals surface area contributed by atoms with E-state index in [-0.39, 0.29) is 24.4 Å². The Balaban J connectivity index is 1.81. The number of aliphatic hydroxyl groups is 1. The zero-order valence-corrected chi connectivity index (χ0v) is 18.8. The van der Waals surface area contributed by atoms with Crippen molar-refractivity contribution in [1.29, 1.82) is 0 Å². The number of carbonyl (C=O) groups is 1. The number of para-hydroxylation sites is 1. The van der Waals surface area contributed by atoms with Crippen LogP contribution in [0.3, 0.4) is 0 Å². The van der Waals surface area contributed by atoms with Gasteiger partial charge in [-0.2, -0.15) is 0 Å². The van der Waals surface area contributed by atoms with Crippen molar-refractivity contribution in [3.8, 4) is 5.75 Å². The van der Waals surface area contributed by atoms with Gasteiger partial charge in [-0.25, -0.2) is 0 Å². The Morgan fingerprint density at radius 1 is 1.13 bits per heavy atom. The zero-order valence-electron chi connectivity index (χ0n) is 18.8. The van der Waals surface area contributed by atoms with Crippen LogP contribution in [-0.2, 0) is 4.79 Å². The van der Waals surface area contributed by atoms with E-state index in [1.807, 2.05) is 61.3 Å². The average Bonchev–Trinajstić information content (AvgIpc) is 3.17.